The van der Waals surface area contributed by atoms with E-state index in [4.69, 9.17) is 5.11 Å². The number of carbonyl (C=O) groups is 2. The predicted octanol–water partition coefficient (Wildman–Crippen LogP) is 1.73. The van der Waals surface area contributed by atoms with Crippen LogP contribution in [0.25, 0.3) is 0 Å². The zero-order valence-corrected chi connectivity index (χ0v) is 10.6. The Morgan fingerprint density at radius 1 is 1.35 bits per heavy atom. The lowest BCUT2D eigenvalue weighted by Gasteiger charge is -2.25. The van der Waals surface area contributed by atoms with E-state index in [0.717, 1.165) is 25.7 Å². The predicted molar refractivity (Wildman–Crippen MR) is 64.8 cm³/mol. The standard InChI is InChI=1S/C12H22N2O3/c1-9(7-10(15)16)8-13-11(17)14-12(2)5-3-4-6-12/h9H,3-8H2,1-2H3,(H,15,16)(H2,13,14,17). The Labute approximate surface area is 102 Å². The van der Waals surface area contributed by atoms with E-state index in [1.54, 1.807) is 0 Å². The Balaban J connectivity index is 2.23. The fourth-order valence-electron chi connectivity index (χ4n) is 2.24. The van der Waals surface area contributed by atoms with Crippen molar-refractivity contribution in [1.82, 2.24) is 10.6 Å². The van der Waals surface area contributed by atoms with Crippen LogP contribution in [0.15, 0.2) is 0 Å². The summed E-state index contributed by atoms with van der Waals surface area (Å²) in [5, 5.41) is 14.3. The molecular weight excluding hydrogens is 220 g/mol. The number of carbonyl (C=O) groups excluding carboxylic acids is 1. The van der Waals surface area contributed by atoms with Gasteiger partial charge in [-0.25, -0.2) is 4.79 Å². The van der Waals surface area contributed by atoms with Crippen molar-refractivity contribution < 1.29 is 14.7 Å². The molecule has 0 bridgehead atoms. The molecule has 0 aromatic rings. The van der Waals surface area contributed by atoms with Crippen LogP contribution in [0.3, 0.4) is 0 Å². The molecule has 0 aromatic heterocycles. The fourth-order valence-corrected chi connectivity index (χ4v) is 2.24. The average molecular weight is 242 g/mol. The van der Waals surface area contributed by atoms with Gasteiger partial charge in [0.25, 0.3) is 0 Å². The van der Waals surface area contributed by atoms with Gasteiger partial charge in [-0.3, -0.25) is 4.79 Å². The third-order valence-corrected chi connectivity index (χ3v) is 3.26. The normalized spacial score (nSPS) is 19.6. The maximum Gasteiger partial charge on any atom is 0.315 e. The van der Waals surface area contributed by atoms with E-state index in [2.05, 4.69) is 17.6 Å². The van der Waals surface area contributed by atoms with Crippen molar-refractivity contribution in [3.05, 3.63) is 0 Å². The van der Waals surface area contributed by atoms with E-state index >= 15 is 0 Å². The molecule has 1 fully saturated rings. The van der Waals surface area contributed by atoms with Gasteiger partial charge in [0.15, 0.2) is 0 Å². The van der Waals surface area contributed by atoms with Crippen LogP contribution in [0, 0.1) is 5.92 Å². The third-order valence-electron chi connectivity index (χ3n) is 3.26. The van der Waals surface area contributed by atoms with Crippen molar-refractivity contribution in [1.29, 1.82) is 0 Å². The van der Waals surface area contributed by atoms with Crippen LogP contribution in [0.2, 0.25) is 0 Å². The number of aliphatic carboxylic acids is 1. The van der Waals surface area contributed by atoms with Crippen molar-refractivity contribution in [2.45, 2.75) is 51.5 Å². The van der Waals surface area contributed by atoms with Crippen molar-refractivity contribution in [2.24, 2.45) is 5.92 Å². The van der Waals surface area contributed by atoms with Crippen molar-refractivity contribution >= 4 is 12.0 Å². The van der Waals surface area contributed by atoms with Crippen LogP contribution in [0.4, 0.5) is 4.79 Å². The average Bonchev–Trinajstić information content (AvgIpc) is 2.61. The van der Waals surface area contributed by atoms with E-state index < -0.39 is 5.97 Å². The number of hydrogen-bond acceptors (Lipinski definition) is 2. The number of urea groups is 1. The van der Waals surface area contributed by atoms with Gasteiger partial charge in [-0.2, -0.15) is 0 Å². The smallest absolute Gasteiger partial charge is 0.315 e. The van der Waals surface area contributed by atoms with E-state index in [9.17, 15) is 9.59 Å². The molecule has 1 unspecified atom stereocenters. The van der Waals surface area contributed by atoms with E-state index in [0.29, 0.717) is 6.54 Å². The highest BCUT2D eigenvalue weighted by atomic mass is 16.4. The molecule has 3 N–H and O–H groups in total. The molecule has 1 atom stereocenters. The summed E-state index contributed by atoms with van der Waals surface area (Å²) in [6, 6.07) is -0.188. The summed E-state index contributed by atoms with van der Waals surface area (Å²) < 4.78 is 0. The molecule has 1 rings (SSSR count). The Kier molecular flexibility index (Phi) is 4.78. The molecule has 2 amide bonds. The minimum atomic E-state index is -0.831. The van der Waals surface area contributed by atoms with Crippen molar-refractivity contribution in [2.75, 3.05) is 6.54 Å². The Morgan fingerprint density at radius 3 is 2.47 bits per heavy atom. The lowest BCUT2D eigenvalue weighted by molar-refractivity contribution is -0.137. The van der Waals surface area contributed by atoms with Crippen LogP contribution in [0.1, 0.15) is 46.0 Å². The van der Waals surface area contributed by atoms with Crippen LogP contribution < -0.4 is 10.6 Å². The summed E-state index contributed by atoms with van der Waals surface area (Å²) >= 11 is 0. The Morgan fingerprint density at radius 2 is 1.94 bits per heavy atom. The molecule has 0 aliphatic heterocycles. The molecule has 0 radical (unpaired) electrons. The van der Waals surface area contributed by atoms with Gasteiger partial charge in [0, 0.05) is 18.5 Å². The Hall–Kier alpha value is -1.26. The molecule has 0 spiro atoms. The van der Waals surface area contributed by atoms with Gasteiger partial charge in [0.2, 0.25) is 0 Å². The molecule has 1 aliphatic rings. The molecule has 1 aliphatic carbocycles. The molecule has 98 valence electrons. The molecule has 5 heteroatoms. The van der Waals surface area contributed by atoms with Crippen molar-refractivity contribution in [3.63, 3.8) is 0 Å². The molecule has 0 aromatic carbocycles. The highest BCUT2D eigenvalue weighted by molar-refractivity contribution is 5.75. The lowest BCUT2D eigenvalue weighted by atomic mass is 10.0. The van der Waals surface area contributed by atoms with Crippen LogP contribution >= 0.6 is 0 Å². The van der Waals surface area contributed by atoms with Gasteiger partial charge in [-0.15, -0.1) is 0 Å². The molecule has 1 saturated carbocycles. The third kappa shape index (κ3) is 5.06. The zero-order valence-electron chi connectivity index (χ0n) is 10.6. The quantitative estimate of drug-likeness (QED) is 0.687. The summed E-state index contributed by atoms with van der Waals surface area (Å²) in [4.78, 5) is 22.1. The van der Waals surface area contributed by atoms with Gasteiger partial charge in [-0.1, -0.05) is 19.8 Å². The summed E-state index contributed by atoms with van der Waals surface area (Å²) in [7, 11) is 0. The van der Waals surface area contributed by atoms with Crippen LogP contribution in [-0.4, -0.2) is 29.2 Å². The minimum absolute atomic E-state index is 0.0466. The maximum absolute atomic E-state index is 11.6. The number of carboxylic acids is 1. The van der Waals surface area contributed by atoms with Crippen LogP contribution in [-0.2, 0) is 4.79 Å². The number of nitrogens with one attached hydrogen (secondary N) is 2. The topological polar surface area (TPSA) is 78.4 Å². The second-order valence-corrected chi connectivity index (χ2v) is 5.31. The number of hydrogen-bond donors (Lipinski definition) is 3. The molecular formula is C12H22N2O3. The first kappa shape index (κ1) is 13.8. The summed E-state index contributed by atoms with van der Waals surface area (Å²) in [6.07, 6.45) is 4.44. The lowest BCUT2D eigenvalue weighted by Crippen LogP contribution is -2.49. The van der Waals surface area contributed by atoms with Gasteiger partial charge < -0.3 is 15.7 Å². The van der Waals surface area contributed by atoms with Gasteiger partial charge in [0.05, 0.1) is 0 Å². The number of amides is 2. The Bertz CT molecular complexity index is 285. The van der Waals surface area contributed by atoms with E-state index in [1.807, 2.05) is 6.92 Å². The zero-order chi connectivity index (χ0) is 12.9. The maximum atomic E-state index is 11.6. The summed E-state index contributed by atoms with van der Waals surface area (Å²) in [6.45, 7) is 4.26. The van der Waals surface area contributed by atoms with Crippen molar-refractivity contribution in [3.8, 4) is 0 Å². The molecule has 5 nitrogen and oxygen atoms in total. The summed E-state index contributed by atoms with van der Waals surface area (Å²) in [5.41, 5.74) is -0.0832. The number of rotatable bonds is 5. The molecule has 0 saturated heterocycles. The first-order valence-corrected chi connectivity index (χ1v) is 6.19. The fraction of sp³-hybridized carbons (Fsp3) is 0.833. The minimum Gasteiger partial charge on any atom is -0.481 e. The van der Waals surface area contributed by atoms with Gasteiger partial charge in [-0.05, 0) is 25.7 Å². The van der Waals surface area contributed by atoms with E-state index in [1.165, 1.54) is 0 Å². The van der Waals surface area contributed by atoms with E-state index in [-0.39, 0.29) is 23.9 Å². The number of carboxylic acid groups (broad SMARTS) is 1. The second-order valence-electron chi connectivity index (χ2n) is 5.31. The first-order chi connectivity index (χ1) is 7.91. The highest BCUT2D eigenvalue weighted by Gasteiger charge is 2.29. The SMILES string of the molecule is CC(CNC(=O)NC1(C)CCCC1)CC(=O)O. The molecule has 0 heterocycles. The largest absolute Gasteiger partial charge is 0.481 e. The molecule has 17 heavy (non-hydrogen) atoms. The van der Waals surface area contributed by atoms with Gasteiger partial charge in [0.1, 0.15) is 0 Å². The monoisotopic (exact) mass is 242 g/mol. The van der Waals surface area contributed by atoms with Gasteiger partial charge >= 0.3 is 12.0 Å². The van der Waals surface area contributed by atoms with Crippen LogP contribution in [0.5, 0.6) is 0 Å². The first-order valence-electron chi connectivity index (χ1n) is 6.19. The summed E-state index contributed by atoms with van der Waals surface area (Å²) in [5.74, 6) is -0.878. The highest BCUT2D eigenvalue weighted by Crippen LogP contribution is 2.28. The second kappa shape index (κ2) is 5.89.